The first-order valence-electron chi connectivity index (χ1n) is 4.93. The summed E-state index contributed by atoms with van der Waals surface area (Å²) in [5.74, 6) is 0.910. The summed E-state index contributed by atoms with van der Waals surface area (Å²) >= 11 is 4.97. The Bertz CT molecular complexity index is 374. The Balaban J connectivity index is 3.14. The smallest absolute Gasteiger partial charge is 0.129 e. The highest BCUT2D eigenvalue weighted by molar-refractivity contribution is 7.80. The zero-order valence-electron chi connectivity index (χ0n) is 9.61. The molecule has 0 saturated heterocycles. The first kappa shape index (κ1) is 11.9. The first-order chi connectivity index (χ1) is 6.91. The molecule has 0 unspecified atom stereocenters. The maximum absolute atomic E-state index is 5.61. The summed E-state index contributed by atoms with van der Waals surface area (Å²) in [6, 6.07) is 4.23. The van der Waals surface area contributed by atoms with Crippen LogP contribution in [0.15, 0.2) is 12.1 Å². The standard InChI is InChI=1S/C11H17N3S/c1-7(2)14(4)10-6-9(11(12)15)5-8(3)13-10/h5-7H,1-4H3,(H2,12,15). The van der Waals surface area contributed by atoms with Crippen molar-refractivity contribution in [3.63, 3.8) is 0 Å². The van der Waals surface area contributed by atoms with Gasteiger partial charge in [-0.3, -0.25) is 0 Å². The number of nitrogens with zero attached hydrogens (tertiary/aromatic N) is 2. The van der Waals surface area contributed by atoms with Crippen molar-refractivity contribution in [1.29, 1.82) is 0 Å². The van der Waals surface area contributed by atoms with Gasteiger partial charge in [0.05, 0.1) is 0 Å². The van der Waals surface area contributed by atoms with Crippen molar-refractivity contribution in [2.45, 2.75) is 26.8 Å². The van der Waals surface area contributed by atoms with E-state index in [-0.39, 0.29) is 0 Å². The Morgan fingerprint density at radius 1 is 1.47 bits per heavy atom. The fraction of sp³-hybridized carbons (Fsp3) is 0.455. The van der Waals surface area contributed by atoms with Gasteiger partial charge < -0.3 is 10.6 Å². The number of thiocarbonyl (C=S) groups is 1. The molecule has 0 aliphatic carbocycles. The van der Waals surface area contributed by atoms with Crippen molar-refractivity contribution in [2.75, 3.05) is 11.9 Å². The molecule has 0 radical (unpaired) electrons. The van der Waals surface area contributed by atoms with Gasteiger partial charge >= 0.3 is 0 Å². The molecule has 2 N–H and O–H groups in total. The van der Waals surface area contributed by atoms with Gasteiger partial charge in [0.25, 0.3) is 0 Å². The molecule has 1 heterocycles. The lowest BCUT2D eigenvalue weighted by atomic mass is 10.2. The number of aromatic nitrogens is 1. The van der Waals surface area contributed by atoms with E-state index in [4.69, 9.17) is 18.0 Å². The van der Waals surface area contributed by atoms with Crippen molar-refractivity contribution in [3.8, 4) is 0 Å². The third-order valence-corrected chi connectivity index (χ3v) is 2.60. The van der Waals surface area contributed by atoms with Crippen LogP contribution in [-0.2, 0) is 0 Å². The van der Waals surface area contributed by atoms with Crippen LogP contribution >= 0.6 is 12.2 Å². The van der Waals surface area contributed by atoms with Crippen molar-refractivity contribution in [1.82, 2.24) is 4.98 Å². The summed E-state index contributed by atoms with van der Waals surface area (Å²) in [6.45, 7) is 6.17. The largest absolute Gasteiger partial charge is 0.389 e. The van der Waals surface area contributed by atoms with Gasteiger partial charge in [-0.25, -0.2) is 4.98 Å². The van der Waals surface area contributed by atoms with Gasteiger partial charge in [0.15, 0.2) is 0 Å². The Hall–Kier alpha value is -1.16. The van der Waals surface area contributed by atoms with Crippen LogP contribution in [0.25, 0.3) is 0 Å². The molecule has 1 aromatic heterocycles. The molecule has 0 atom stereocenters. The number of aryl methyl sites for hydroxylation is 1. The summed E-state index contributed by atoms with van der Waals surface area (Å²) in [5.41, 5.74) is 7.42. The molecule has 0 fully saturated rings. The van der Waals surface area contributed by atoms with Gasteiger partial charge in [0, 0.05) is 24.3 Å². The molecule has 82 valence electrons. The van der Waals surface area contributed by atoms with Crippen molar-refractivity contribution >= 4 is 23.0 Å². The quantitative estimate of drug-likeness (QED) is 0.794. The van der Waals surface area contributed by atoms with Gasteiger partial charge in [-0.15, -0.1) is 0 Å². The van der Waals surface area contributed by atoms with Crippen LogP contribution in [0.1, 0.15) is 25.1 Å². The van der Waals surface area contributed by atoms with Gasteiger partial charge in [0.2, 0.25) is 0 Å². The van der Waals surface area contributed by atoms with Crippen molar-refractivity contribution in [3.05, 3.63) is 23.4 Å². The Morgan fingerprint density at radius 2 is 2.07 bits per heavy atom. The highest BCUT2D eigenvalue weighted by Gasteiger charge is 2.09. The molecule has 0 bridgehead atoms. The van der Waals surface area contributed by atoms with E-state index in [1.54, 1.807) is 0 Å². The zero-order chi connectivity index (χ0) is 11.6. The Kier molecular flexibility index (Phi) is 3.63. The van der Waals surface area contributed by atoms with E-state index >= 15 is 0 Å². The predicted molar refractivity (Wildman–Crippen MR) is 68.4 cm³/mol. The van der Waals surface area contributed by atoms with Crippen LogP contribution < -0.4 is 10.6 Å². The SMILES string of the molecule is Cc1cc(C(N)=S)cc(N(C)C(C)C)n1. The Labute approximate surface area is 96.3 Å². The summed E-state index contributed by atoms with van der Waals surface area (Å²) in [7, 11) is 2.01. The molecule has 0 aliphatic heterocycles. The number of pyridine rings is 1. The predicted octanol–water partition coefficient (Wildman–Crippen LogP) is 1.87. The van der Waals surface area contributed by atoms with Crippen molar-refractivity contribution in [2.24, 2.45) is 5.73 Å². The maximum Gasteiger partial charge on any atom is 0.129 e. The molecule has 0 aliphatic rings. The minimum Gasteiger partial charge on any atom is -0.389 e. The molecular formula is C11H17N3S. The molecule has 0 aromatic carbocycles. The molecule has 4 heteroatoms. The molecular weight excluding hydrogens is 206 g/mol. The second-order valence-corrected chi connectivity index (χ2v) is 4.36. The van der Waals surface area contributed by atoms with Gasteiger partial charge in [-0.2, -0.15) is 0 Å². The molecule has 15 heavy (non-hydrogen) atoms. The summed E-state index contributed by atoms with van der Waals surface area (Å²) in [5, 5.41) is 0. The van der Waals surface area contributed by atoms with E-state index in [1.165, 1.54) is 0 Å². The van der Waals surface area contributed by atoms with Gasteiger partial charge in [-0.1, -0.05) is 12.2 Å². The van der Waals surface area contributed by atoms with E-state index in [0.29, 0.717) is 11.0 Å². The summed E-state index contributed by atoms with van der Waals surface area (Å²) in [4.78, 5) is 6.96. The lowest BCUT2D eigenvalue weighted by Crippen LogP contribution is -2.27. The topological polar surface area (TPSA) is 42.1 Å². The number of rotatable bonds is 3. The van der Waals surface area contributed by atoms with E-state index in [0.717, 1.165) is 17.1 Å². The second kappa shape index (κ2) is 4.57. The van der Waals surface area contributed by atoms with Gasteiger partial charge in [0.1, 0.15) is 10.8 Å². The minimum atomic E-state index is 0.401. The monoisotopic (exact) mass is 223 g/mol. The highest BCUT2D eigenvalue weighted by Crippen LogP contribution is 2.15. The van der Waals surface area contributed by atoms with Crippen LogP contribution in [0.5, 0.6) is 0 Å². The minimum absolute atomic E-state index is 0.401. The van der Waals surface area contributed by atoms with Crippen LogP contribution in [0, 0.1) is 6.92 Å². The number of anilines is 1. The average molecular weight is 223 g/mol. The zero-order valence-corrected chi connectivity index (χ0v) is 10.4. The lowest BCUT2D eigenvalue weighted by molar-refractivity contribution is 0.741. The van der Waals surface area contributed by atoms with Gasteiger partial charge in [-0.05, 0) is 32.9 Å². The summed E-state index contributed by atoms with van der Waals surface area (Å²) < 4.78 is 0. The van der Waals surface area contributed by atoms with E-state index in [1.807, 2.05) is 26.1 Å². The number of nitrogens with two attached hydrogens (primary N) is 1. The number of hydrogen-bond acceptors (Lipinski definition) is 3. The molecule has 0 spiro atoms. The van der Waals surface area contributed by atoms with Crippen LogP contribution in [0.4, 0.5) is 5.82 Å². The molecule has 0 saturated carbocycles. The third-order valence-electron chi connectivity index (χ3n) is 2.36. The average Bonchev–Trinajstić information content (AvgIpc) is 2.15. The summed E-state index contributed by atoms with van der Waals surface area (Å²) in [6.07, 6.45) is 0. The maximum atomic E-state index is 5.61. The highest BCUT2D eigenvalue weighted by atomic mass is 32.1. The van der Waals surface area contributed by atoms with E-state index in [9.17, 15) is 0 Å². The lowest BCUT2D eigenvalue weighted by Gasteiger charge is -2.23. The second-order valence-electron chi connectivity index (χ2n) is 3.92. The fourth-order valence-corrected chi connectivity index (χ4v) is 1.36. The molecule has 1 rings (SSSR count). The van der Waals surface area contributed by atoms with E-state index in [2.05, 4.69) is 23.7 Å². The molecule has 1 aromatic rings. The molecule has 3 nitrogen and oxygen atoms in total. The fourth-order valence-electron chi connectivity index (χ4n) is 1.24. The third kappa shape index (κ3) is 2.89. The van der Waals surface area contributed by atoms with Crippen LogP contribution in [0.3, 0.4) is 0 Å². The van der Waals surface area contributed by atoms with Crippen LogP contribution in [0.2, 0.25) is 0 Å². The first-order valence-corrected chi connectivity index (χ1v) is 5.34. The normalized spacial score (nSPS) is 10.5. The Morgan fingerprint density at radius 3 is 2.53 bits per heavy atom. The van der Waals surface area contributed by atoms with Crippen LogP contribution in [-0.4, -0.2) is 23.1 Å². The number of hydrogen-bond donors (Lipinski definition) is 1. The molecule has 0 amide bonds. The van der Waals surface area contributed by atoms with Crippen molar-refractivity contribution < 1.29 is 0 Å². The van der Waals surface area contributed by atoms with E-state index < -0.39 is 0 Å².